The molecule has 5 heteroatoms. The molecule has 2 aromatic carbocycles. The average Bonchev–Trinajstić information content (AvgIpc) is 2.91. The Hall–Kier alpha value is -0.850. The van der Waals surface area contributed by atoms with Gasteiger partial charge in [-0.25, -0.2) is 0 Å². The van der Waals surface area contributed by atoms with Crippen LogP contribution in [0.4, 0.5) is 0 Å². The SMILES string of the molecule is Clc1cc(Br)ccc1Cn1cc(-c2ccccc2I)cn1. The Bertz CT molecular complexity index is 785. The number of halogens is 3. The van der Waals surface area contributed by atoms with E-state index in [1.807, 2.05) is 41.2 Å². The van der Waals surface area contributed by atoms with Crippen LogP contribution in [0.25, 0.3) is 11.1 Å². The number of benzene rings is 2. The molecule has 0 unspecified atom stereocenters. The summed E-state index contributed by atoms with van der Waals surface area (Å²) >= 11 is 12.0. The Labute approximate surface area is 150 Å². The molecule has 0 fully saturated rings. The van der Waals surface area contributed by atoms with Gasteiger partial charge in [0.05, 0.1) is 12.7 Å². The zero-order valence-electron chi connectivity index (χ0n) is 10.9. The van der Waals surface area contributed by atoms with Crippen LogP contribution in [0, 0.1) is 3.57 Å². The van der Waals surface area contributed by atoms with Crippen molar-refractivity contribution < 1.29 is 0 Å². The third-order valence-corrected chi connectivity index (χ3v) is 4.95. The Balaban J connectivity index is 1.87. The van der Waals surface area contributed by atoms with Gasteiger partial charge in [-0.05, 0) is 51.9 Å². The van der Waals surface area contributed by atoms with Gasteiger partial charge >= 0.3 is 0 Å². The van der Waals surface area contributed by atoms with Crippen molar-refractivity contribution in [1.29, 1.82) is 0 Å². The van der Waals surface area contributed by atoms with Gasteiger partial charge in [0.25, 0.3) is 0 Å². The Morgan fingerprint density at radius 3 is 2.76 bits per heavy atom. The molecule has 0 N–H and O–H groups in total. The smallest absolute Gasteiger partial charge is 0.0674 e. The summed E-state index contributed by atoms with van der Waals surface area (Å²) < 4.78 is 4.11. The standard InChI is InChI=1S/C16H11BrClIN2/c17-13-6-5-11(15(18)7-13)9-21-10-12(8-20-21)14-3-1-2-4-16(14)19/h1-8,10H,9H2. The van der Waals surface area contributed by atoms with Crippen molar-refractivity contribution in [3.63, 3.8) is 0 Å². The maximum atomic E-state index is 6.26. The molecule has 0 aliphatic rings. The van der Waals surface area contributed by atoms with Crippen molar-refractivity contribution in [2.45, 2.75) is 6.54 Å². The fourth-order valence-electron chi connectivity index (χ4n) is 2.11. The molecular formula is C16H11BrClIN2. The lowest BCUT2D eigenvalue weighted by Crippen LogP contribution is -2.00. The first-order chi connectivity index (χ1) is 10.1. The molecule has 0 bridgehead atoms. The van der Waals surface area contributed by atoms with Crippen LogP contribution < -0.4 is 0 Å². The number of aromatic nitrogens is 2. The van der Waals surface area contributed by atoms with E-state index in [1.54, 1.807) is 0 Å². The number of hydrogen-bond donors (Lipinski definition) is 0. The highest BCUT2D eigenvalue weighted by atomic mass is 127. The van der Waals surface area contributed by atoms with Crippen molar-refractivity contribution >= 4 is 50.1 Å². The average molecular weight is 474 g/mol. The second-order valence-electron chi connectivity index (χ2n) is 4.64. The van der Waals surface area contributed by atoms with Crippen LogP contribution in [0.1, 0.15) is 5.56 Å². The van der Waals surface area contributed by atoms with Crippen LogP contribution >= 0.6 is 50.1 Å². The largest absolute Gasteiger partial charge is 0.268 e. The fraction of sp³-hybridized carbons (Fsp3) is 0.0625. The van der Waals surface area contributed by atoms with E-state index in [1.165, 1.54) is 9.13 Å². The van der Waals surface area contributed by atoms with Gasteiger partial charge in [-0.2, -0.15) is 5.10 Å². The van der Waals surface area contributed by atoms with Crippen molar-refractivity contribution in [2.24, 2.45) is 0 Å². The van der Waals surface area contributed by atoms with E-state index >= 15 is 0 Å². The molecule has 0 atom stereocenters. The molecule has 0 saturated carbocycles. The van der Waals surface area contributed by atoms with E-state index in [-0.39, 0.29) is 0 Å². The summed E-state index contributed by atoms with van der Waals surface area (Å²) in [4.78, 5) is 0. The minimum Gasteiger partial charge on any atom is -0.268 e. The van der Waals surface area contributed by atoms with Crippen molar-refractivity contribution in [3.05, 3.63) is 73.5 Å². The van der Waals surface area contributed by atoms with E-state index in [0.717, 1.165) is 20.6 Å². The Morgan fingerprint density at radius 1 is 1.19 bits per heavy atom. The van der Waals surface area contributed by atoms with E-state index in [4.69, 9.17) is 11.6 Å². The quantitative estimate of drug-likeness (QED) is 0.452. The van der Waals surface area contributed by atoms with Crippen LogP contribution in [-0.2, 0) is 6.54 Å². The first kappa shape index (κ1) is 15.1. The minimum absolute atomic E-state index is 0.662. The number of hydrogen-bond acceptors (Lipinski definition) is 1. The molecule has 0 aliphatic heterocycles. The monoisotopic (exact) mass is 472 g/mol. The third-order valence-electron chi connectivity index (χ3n) is 3.17. The van der Waals surface area contributed by atoms with E-state index in [0.29, 0.717) is 6.54 Å². The van der Waals surface area contributed by atoms with Gasteiger partial charge in [0.1, 0.15) is 0 Å². The van der Waals surface area contributed by atoms with E-state index in [9.17, 15) is 0 Å². The minimum atomic E-state index is 0.662. The molecule has 2 nitrogen and oxygen atoms in total. The molecule has 0 saturated heterocycles. The summed E-state index contributed by atoms with van der Waals surface area (Å²) in [5.74, 6) is 0. The lowest BCUT2D eigenvalue weighted by molar-refractivity contribution is 0.687. The molecule has 1 heterocycles. The fourth-order valence-corrected chi connectivity index (χ4v) is 3.54. The zero-order chi connectivity index (χ0) is 14.8. The molecule has 106 valence electrons. The Kier molecular flexibility index (Phi) is 4.66. The third kappa shape index (κ3) is 3.49. The second kappa shape index (κ2) is 6.50. The zero-order valence-corrected chi connectivity index (χ0v) is 15.4. The normalized spacial score (nSPS) is 10.8. The predicted molar refractivity (Wildman–Crippen MR) is 98.6 cm³/mol. The molecule has 0 spiro atoms. The summed E-state index contributed by atoms with van der Waals surface area (Å²) in [6.07, 6.45) is 3.94. The lowest BCUT2D eigenvalue weighted by Gasteiger charge is -2.05. The maximum Gasteiger partial charge on any atom is 0.0674 e. The highest BCUT2D eigenvalue weighted by Crippen LogP contribution is 2.26. The summed E-state index contributed by atoms with van der Waals surface area (Å²) in [5.41, 5.74) is 3.37. The topological polar surface area (TPSA) is 17.8 Å². The van der Waals surface area contributed by atoms with Crippen LogP contribution in [0.5, 0.6) is 0 Å². The first-order valence-electron chi connectivity index (χ1n) is 6.35. The highest BCUT2D eigenvalue weighted by molar-refractivity contribution is 14.1. The molecule has 3 rings (SSSR count). The summed E-state index contributed by atoms with van der Waals surface area (Å²) in [5, 5.41) is 5.18. The van der Waals surface area contributed by atoms with Gasteiger partial charge in [-0.15, -0.1) is 0 Å². The summed E-state index contributed by atoms with van der Waals surface area (Å²) in [6.45, 7) is 0.662. The summed E-state index contributed by atoms with van der Waals surface area (Å²) in [6, 6.07) is 14.2. The highest BCUT2D eigenvalue weighted by Gasteiger charge is 2.07. The van der Waals surface area contributed by atoms with Crippen molar-refractivity contribution in [2.75, 3.05) is 0 Å². The van der Waals surface area contributed by atoms with Crippen molar-refractivity contribution in [3.8, 4) is 11.1 Å². The van der Waals surface area contributed by atoms with Crippen LogP contribution in [0.15, 0.2) is 59.3 Å². The first-order valence-corrected chi connectivity index (χ1v) is 8.60. The van der Waals surface area contributed by atoms with E-state index < -0.39 is 0 Å². The van der Waals surface area contributed by atoms with Gasteiger partial charge in [0.2, 0.25) is 0 Å². The predicted octanol–water partition coefficient (Wildman–Crippen LogP) is 5.62. The maximum absolute atomic E-state index is 6.26. The van der Waals surface area contributed by atoms with Crippen LogP contribution in [0.2, 0.25) is 5.02 Å². The van der Waals surface area contributed by atoms with E-state index in [2.05, 4.69) is 61.9 Å². The molecule has 0 amide bonds. The molecule has 3 aromatic rings. The second-order valence-corrected chi connectivity index (χ2v) is 7.13. The van der Waals surface area contributed by atoms with Crippen molar-refractivity contribution in [1.82, 2.24) is 9.78 Å². The summed E-state index contributed by atoms with van der Waals surface area (Å²) in [7, 11) is 0. The van der Waals surface area contributed by atoms with Gasteiger partial charge in [0, 0.05) is 24.8 Å². The number of nitrogens with zero attached hydrogens (tertiary/aromatic N) is 2. The molecular weight excluding hydrogens is 462 g/mol. The Morgan fingerprint density at radius 2 is 2.00 bits per heavy atom. The lowest BCUT2D eigenvalue weighted by atomic mass is 10.1. The molecule has 21 heavy (non-hydrogen) atoms. The van der Waals surface area contributed by atoms with Gasteiger partial charge < -0.3 is 0 Å². The number of rotatable bonds is 3. The molecule has 0 radical (unpaired) electrons. The van der Waals surface area contributed by atoms with Gasteiger partial charge in [0.15, 0.2) is 0 Å². The van der Waals surface area contributed by atoms with Gasteiger partial charge in [-0.1, -0.05) is 51.8 Å². The van der Waals surface area contributed by atoms with Crippen LogP contribution in [-0.4, -0.2) is 9.78 Å². The van der Waals surface area contributed by atoms with Gasteiger partial charge in [-0.3, -0.25) is 4.68 Å². The van der Waals surface area contributed by atoms with Crippen LogP contribution in [0.3, 0.4) is 0 Å². The molecule has 0 aliphatic carbocycles. The molecule has 1 aromatic heterocycles.